The van der Waals surface area contributed by atoms with Gasteiger partial charge in [-0.2, -0.15) is 0 Å². The van der Waals surface area contributed by atoms with Crippen molar-refractivity contribution in [2.24, 2.45) is 0 Å². The molecule has 0 saturated heterocycles. The molecule has 1 aromatic rings. The molecule has 0 bridgehead atoms. The van der Waals surface area contributed by atoms with Crippen LogP contribution in [0, 0.1) is 7.43 Å². The number of rotatable bonds is 1. The summed E-state index contributed by atoms with van der Waals surface area (Å²) in [6, 6.07) is 1.82. The fourth-order valence-corrected chi connectivity index (χ4v) is 0.900. The van der Waals surface area contributed by atoms with Crippen molar-refractivity contribution in [3.8, 4) is 0 Å². The molecule has 1 rings (SSSR count). The molecule has 0 amide bonds. The van der Waals surface area contributed by atoms with Crippen LogP contribution in [0.4, 0.5) is 0 Å². The summed E-state index contributed by atoms with van der Waals surface area (Å²) < 4.78 is 2.02. The van der Waals surface area contributed by atoms with E-state index in [-0.39, 0.29) is 71.2 Å². The van der Waals surface area contributed by atoms with Crippen LogP contribution in [0.25, 0.3) is 0 Å². The van der Waals surface area contributed by atoms with Crippen LogP contribution < -0.4 is 58.2 Å². The molecule has 0 aliphatic rings. The van der Waals surface area contributed by atoms with E-state index in [2.05, 4.69) is 20.8 Å². The third-order valence-electron chi connectivity index (χ3n) is 1.63. The summed E-state index contributed by atoms with van der Waals surface area (Å²) >= 11 is 0. The molecule has 0 fully saturated rings. The molecule has 3 heteroatoms. The number of aldehydes is 1. The molecule has 1 heterocycles. The van der Waals surface area contributed by atoms with Gasteiger partial charge < -0.3 is 12.0 Å². The van der Waals surface area contributed by atoms with Crippen LogP contribution in [-0.4, -0.2) is 10.9 Å². The fourth-order valence-electron chi connectivity index (χ4n) is 0.900. The predicted molar refractivity (Wildman–Crippen MR) is 51.2 cm³/mol. The summed E-state index contributed by atoms with van der Waals surface area (Å²) in [6.45, 7) is 6.30. The van der Waals surface area contributed by atoms with Gasteiger partial charge in [-0.1, -0.05) is 0 Å². The Hall–Kier alpha value is 0.755. The van der Waals surface area contributed by atoms with E-state index in [1.165, 1.54) is 0 Å². The molecule has 0 radical (unpaired) electrons. The van der Waals surface area contributed by atoms with Crippen molar-refractivity contribution in [1.29, 1.82) is 0 Å². The normalized spacial score (nSPS) is 9.77. The number of hydrogen-bond acceptors (Lipinski definition) is 1. The monoisotopic (exact) mass is 251 g/mol. The summed E-state index contributed by atoms with van der Waals surface area (Å²) in [5.41, 5.74) is 0.807. The molecule has 0 spiro atoms. The second kappa shape index (κ2) is 6.28. The van der Waals surface area contributed by atoms with Gasteiger partial charge in [-0.25, -0.2) is 0 Å². The summed E-state index contributed by atoms with van der Waals surface area (Å²) in [5, 5.41) is 0. The first-order chi connectivity index (χ1) is 5.04. The second-order valence-electron chi connectivity index (χ2n) is 3.64. The maximum atomic E-state index is 10.3. The Morgan fingerprint density at radius 3 is 2.15 bits per heavy atom. The van der Waals surface area contributed by atoms with Gasteiger partial charge in [0.05, 0.1) is 0 Å². The largest absolute Gasteiger partial charge is 1.00 e. The molecule has 0 aliphatic heterocycles. The number of carbonyl (C=O) groups excluding carboxylic acids is 1. The third-order valence-corrected chi connectivity index (χ3v) is 1.63. The maximum absolute atomic E-state index is 10.3. The summed E-state index contributed by atoms with van der Waals surface area (Å²) in [7, 11) is 0. The van der Waals surface area contributed by atoms with Crippen molar-refractivity contribution in [3.63, 3.8) is 0 Å². The molecule has 0 atom stereocenters. The minimum absolute atomic E-state index is 0. The van der Waals surface area contributed by atoms with Gasteiger partial charge in [0.15, 0.2) is 6.29 Å². The first kappa shape index (κ1) is 16.2. The summed E-state index contributed by atoms with van der Waals surface area (Å²) in [6.07, 6.45) is 4.64. The second-order valence-corrected chi connectivity index (χ2v) is 3.64. The average molecular weight is 252 g/mol. The van der Waals surface area contributed by atoms with E-state index < -0.39 is 0 Å². The minimum atomic E-state index is 0. The van der Waals surface area contributed by atoms with Crippen molar-refractivity contribution in [2.75, 3.05) is 0 Å². The number of nitrogens with zero attached hydrogens (tertiary/aromatic N) is 1. The molecule has 0 aromatic carbocycles. The minimum Gasteiger partial charge on any atom is -0.358 e. The first-order valence-electron chi connectivity index (χ1n) is 3.68. The smallest absolute Gasteiger partial charge is 0.358 e. The molecule has 0 unspecified atom stereocenters. The molecular weight excluding hydrogens is 236 g/mol. The van der Waals surface area contributed by atoms with Crippen molar-refractivity contribution in [2.45, 2.75) is 26.3 Å². The Kier molecular flexibility index (Phi) is 7.82. The van der Waals surface area contributed by atoms with E-state index in [9.17, 15) is 4.79 Å². The molecule has 2 nitrogen and oxygen atoms in total. The van der Waals surface area contributed by atoms with Crippen molar-refractivity contribution in [3.05, 3.63) is 31.5 Å². The Morgan fingerprint density at radius 2 is 1.92 bits per heavy atom. The standard InChI is InChI=1S/C9H13NO.CH3.Rb/c1-9(2,3)10-5-4-8(6-10)7-11;;/h4-7H,1-3H3;1H3;/q;-1;+1. The molecule has 68 valence electrons. The fraction of sp³-hybridized carbons (Fsp3) is 0.400. The van der Waals surface area contributed by atoms with E-state index in [0.717, 1.165) is 11.8 Å². The summed E-state index contributed by atoms with van der Waals surface area (Å²) in [4.78, 5) is 10.3. The quantitative estimate of drug-likeness (QED) is 0.488. The zero-order valence-electron chi connectivity index (χ0n) is 9.16. The van der Waals surface area contributed by atoms with Crippen LogP contribution >= 0.6 is 0 Å². The van der Waals surface area contributed by atoms with Crippen LogP contribution in [0.2, 0.25) is 0 Å². The van der Waals surface area contributed by atoms with Crippen LogP contribution in [-0.2, 0) is 5.54 Å². The van der Waals surface area contributed by atoms with Gasteiger partial charge >= 0.3 is 58.2 Å². The van der Waals surface area contributed by atoms with Gasteiger partial charge in [0.25, 0.3) is 0 Å². The van der Waals surface area contributed by atoms with Crippen molar-refractivity contribution in [1.82, 2.24) is 4.57 Å². The molecule has 0 N–H and O–H groups in total. The Morgan fingerprint density at radius 1 is 1.38 bits per heavy atom. The Labute approximate surface area is 130 Å². The summed E-state index contributed by atoms with van der Waals surface area (Å²) in [5.74, 6) is 0. The maximum Gasteiger partial charge on any atom is 1.00 e. The van der Waals surface area contributed by atoms with Crippen molar-refractivity contribution < 1.29 is 63.0 Å². The topological polar surface area (TPSA) is 22.0 Å². The Bertz CT molecular complexity index is 260. The van der Waals surface area contributed by atoms with Crippen LogP contribution in [0.3, 0.4) is 0 Å². The van der Waals surface area contributed by atoms with Gasteiger partial charge in [0, 0.05) is 23.5 Å². The van der Waals surface area contributed by atoms with Gasteiger partial charge in [-0.3, -0.25) is 4.79 Å². The number of carbonyl (C=O) groups is 1. The average Bonchev–Trinajstić information content (AvgIpc) is 2.32. The van der Waals surface area contributed by atoms with Crippen LogP contribution in [0.1, 0.15) is 31.1 Å². The van der Waals surface area contributed by atoms with E-state index in [0.29, 0.717) is 0 Å². The molecule has 13 heavy (non-hydrogen) atoms. The molecule has 1 aromatic heterocycles. The van der Waals surface area contributed by atoms with Crippen molar-refractivity contribution >= 4 is 6.29 Å². The van der Waals surface area contributed by atoms with Gasteiger partial charge in [-0.15, -0.1) is 0 Å². The van der Waals surface area contributed by atoms with E-state index >= 15 is 0 Å². The first-order valence-corrected chi connectivity index (χ1v) is 3.68. The van der Waals surface area contributed by atoms with Crippen LogP contribution in [0.15, 0.2) is 18.5 Å². The van der Waals surface area contributed by atoms with E-state index in [1.54, 1.807) is 0 Å². The zero-order chi connectivity index (χ0) is 8.48. The molecular formula is C10H16NORb. The Balaban J connectivity index is 0. The van der Waals surface area contributed by atoms with E-state index in [4.69, 9.17) is 0 Å². The van der Waals surface area contributed by atoms with Crippen LogP contribution in [0.5, 0.6) is 0 Å². The SMILES string of the molecule is CC(C)(C)n1ccc(C=O)c1.[CH3-].[Rb+]. The van der Waals surface area contributed by atoms with E-state index in [1.807, 2.05) is 23.0 Å². The molecule has 0 saturated carbocycles. The zero-order valence-corrected chi connectivity index (χ0v) is 14.1. The third kappa shape index (κ3) is 4.68. The van der Waals surface area contributed by atoms with Gasteiger partial charge in [0.1, 0.15) is 0 Å². The number of aromatic nitrogens is 1. The van der Waals surface area contributed by atoms with Gasteiger partial charge in [0.2, 0.25) is 0 Å². The molecule has 0 aliphatic carbocycles. The predicted octanol–water partition coefficient (Wildman–Crippen LogP) is -0.490. The van der Waals surface area contributed by atoms with Gasteiger partial charge in [-0.05, 0) is 26.8 Å². The number of hydrogen-bond donors (Lipinski definition) is 0.